The lowest BCUT2D eigenvalue weighted by Gasteiger charge is -2.37. The summed E-state index contributed by atoms with van der Waals surface area (Å²) in [7, 11) is 0. The third-order valence-electron chi connectivity index (χ3n) is 3.90. The van der Waals surface area contributed by atoms with Gasteiger partial charge in [0.15, 0.2) is 0 Å². The van der Waals surface area contributed by atoms with Gasteiger partial charge in [0, 0.05) is 19.3 Å². The summed E-state index contributed by atoms with van der Waals surface area (Å²) >= 11 is 0. The first-order valence-electron chi connectivity index (χ1n) is 7.25. The molecule has 0 aromatic heterocycles. The first-order valence-corrected chi connectivity index (χ1v) is 7.25. The number of rotatable bonds is 5. The van der Waals surface area contributed by atoms with Crippen LogP contribution in [0.25, 0.3) is 0 Å². The molecule has 1 aliphatic rings. The second-order valence-corrected chi connectivity index (χ2v) is 6.77. The van der Waals surface area contributed by atoms with Gasteiger partial charge in [-0.05, 0) is 43.1 Å². The van der Waals surface area contributed by atoms with Crippen LogP contribution in [0, 0.1) is 17.3 Å². The van der Waals surface area contributed by atoms with E-state index in [4.69, 9.17) is 4.74 Å². The van der Waals surface area contributed by atoms with Crippen LogP contribution < -0.4 is 5.32 Å². The zero-order chi connectivity index (χ0) is 12.9. The summed E-state index contributed by atoms with van der Waals surface area (Å²) < 4.78 is 5.56. The SMILES string of the molecule is CCNC(CCC(C)(C)C)C1CCOCC1C. The third kappa shape index (κ3) is 5.39. The minimum atomic E-state index is 0.447. The summed E-state index contributed by atoms with van der Waals surface area (Å²) in [5, 5.41) is 3.70. The standard InChI is InChI=1S/C15H31NO/c1-6-16-14(7-9-15(3,4)5)13-8-10-17-11-12(13)2/h12-14,16H,6-11H2,1-5H3. The van der Waals surface area contributed by atoms with Crippen LogP contribution in [0.5, 0.6) is 0 Å². The van der Waals surface area contributed by atoms with E-state index in [0.29, 0.717) is 17.4 Å². The van der Waals surface area contributed by atoms with Crippen molar-refractivity contribution in [2.24, 2.45) is 17.3 Å². The number of ether oxygens (including phenoxy) is 1. The van der Waals surface area contributed by atoms with Gasteiger partial charge in [-0.15, -0.1) is 0 Å². The van der Waals surface area contributed by atoms with Crippen molar-refractivity contribution in [1.82, 2.24) is 5.32 Å². The number of hydrogen-bond acceptors (Lipinski definition) is 2. The van der Waals surface area contributed by atoms with Crippen molar-refractivity contribution in [1.29, 1.82) is 0 Å². The maximum Gasteiger partial charge on any atom is 0.0494 e. The van der Waals surface area contributed by atoms with E-state index >= 15 is 0 Å². The van der Waals surface area contributed by atoms with E-state index in [1.165, 1.54) is 19.3 Å². The monoisotopic (exact) mass is 241 g/mol. The minimum absolute atomic E-state index is 0.447. The smallest absolute Gasteiger partial charge is 0.0494 e. The molecule has 2 heteroatoms. The van der Waals surface area contributed by atoms with E-state index in [1.54, 1.807) is 0 Å². The van der Waals surface area contributed by atoms with Gasteiger partial charge in [-0.25, -0.2) is 0 Å². The van der Waals surface area contributed by atoms with E-state index in [0.717, 1.165) is 25.7 Å². The Morgan fingerprint density at radius 2 is 2.06 bits per heavy atom. The molecule has 0 aromatic rings. The highest BCUT2D eigenvalue weighted by Crippen LogP contribution is 2.30. The molecule has 0 aliphatic carbocycles. The van der Waals surface area contributed by atoms with Crippen LogP contribution in [-0.2, 0) is 4.74 Å². The zero-order valence-electron chi connectivity index (χ0n) is 12.4. The zero-order valence-corrected chi connectivity index (χ0v) is 12.4. The lowest BCUT2D eigenvalue weighted by Crippen LogP contribution is -2.43. The van der Waals surface area contributed by atoms with Crippen molar-refractivity contribution in [2.45, 2.75) is 59.9 Å². The van der Waals surface area contributed by atoms with Crippen LogP contribution in [-0.4, -0.2) is 25.8 Å². The maximum atomic E-state index is 5.56. The van der Waals surface area contributed by atoms with Crippen LogP contribution in [0.2, 0.25) is 0 Å². The average molecular weight is 241 g/mol. The fourth-order valence-corrected chi connectivity index (χ4v) is 2.81. The van der Waals surface area contributed by atoms with Gasteiger partial charge in [0.25, 0.3) is 0 Å². The molecule has 0 bridgehead atoms. The van der Waals surface area contributed by atoms with Crippen molar-refractivity contribution in [3.05, 3.63) is 0 Å². The quantitative estimate of drug-likeness (QED) is 0.796. The summed E-state index contributed by atoms with van der Waals surface area (Å²) in [5.74, 6) is 1.50. The molecule has 1 heterocycles. The third-order valence-corrected chi connectivity index (χ3v) is 3.90. The van der Waals surface area contributed by atoms with Gasteiger partial charge in [-0.1, -0.05) is 34.6 Å². The van der Waals surface area contributed by atoms with Gasteiger partial charge in [-0.2, -0.15) is 0 Å². The Morgan fingerprint density at radius 1 is 1.35 bits per heavy atom. The Balaban J connectivity index is 2.51. The molecule has 1 saturated heterocycles. The lowest BCUT2D eigenvalue weighted by atomic mass is 9.79. The molecular formula is C15H31NO. The second kappa shape index (κ2) is 6.75. The van der Waals surface area contributed by atoms with Crippen LogP contribution in [0.3, 0.4) is 0 Å². The first kappa shape index (κ1) is 15.0. The van der Waals surface area contributed by atoms with Gasteiger partial charge in [0.1, 0.15) is 0 Å². The van der Waals surface area contributed by atoms with Gasteiger partial charge >= 0.3 is 0 Å². The highest BCUT2D eigenvalue weighted by Gasteiger charge is 2.29. The van der Waals surface area contributed by atoms with Gasteiger partial charge in [0.05, 0.1) is 0 Å². The molecule has 1 fully saturated rings. The molecule has 17 heavy (non-hydrogen) atoms. The molecule has 3 unspecified atom stereocenters. The normalized spacial score (nSPS) is 28.1. The predicted molar refractivity (Wildman–Crippen MR) is 74.2 cm³/mol. The van der Waals surface area contributed by atoms with Crippen molar-refractivity contribution in [3.63, 3.8) is 0 Å². The van der Waals surface area contributed by atoms with E-state index in [9.17, 15) is 0 Å². The van der Waals surface area contributed by atoms with Gasteiger partial charge < -0.3 is 10.1 Å². The van der Waals surface area contributed by atoms with E-state index < -0.39 is 0 Å². The summed E-state index contributed by atoms with van der Waals surface area (Å²) in [6.45, 7) is 14.5. The highest BCUT2D eigenvalue weighted by molar-refractivity contribution is 4.83. The molecular weight excluding hydrogens is 210 g/mol. The molecule has 1 aliphatic heterocycles. The Kier molecular flexibility index (Phi) is 5.94. The van der Waals surface area contributed by atoms with E-state index in [2.05, 4.69) is 39.9 Å². The second-order valence-electron chi connectivity index (χ2n) is 6.77. The predicted octanol–water partition coefficient (Wildman–Crippen LogP) is 3.46. The fourth-order valence-electron chi connectivity index (χ4n) is 2.81. The Labute approximate surface area is 108 Å². The summed E-state index contributed by atoms with van der Waals surface area (Å²) in [6, 6.07) is 0.679. The molecule has 102 valence electrons. The van der Waals surface area contributed by atoms with Crippen molar-refractivity contribution < 1.29 is 4.74 Å². The minimum Gasteiger partial charge on any atom is -0.381 e. The highest BCUT2D eigenvalue weighted by atomic mass is 16.5. The molecule has 3 atom stereocenters. The molecule has 1 rings (SSSR count). The Morgan fingerprint density at radius 3 is 2.59 bits per heavy atom. The number of nitrogens with one attached hydrogen (secondary N) is 1. The molecule has 1 N–H and O–H groups in total. The Hall–Kier alpha value is -0.0800. The average Bonchev–Trinajstić information content (AvgIpc) is 2.24. The van der Waals surface area contributed by atoms with Crippen molar-refractivity contribution >= 4 is 0 Å². The van der Waals surface area contributed by atoms with Crippen molar-refractivity contribution in [2.75, 3.05) is 19.8 Å². The van der Waals surface area contributed by atoms with Crippen molar-refractivity contribution in [3.8, 4) is 0 Å². The lowest BCUT2D eigenvalue weighted by molar-refractivity contribution is 0.00868. The largest absolute Gasteiger partial charge is 0.381 e. The molecule has 0 spiro atoms. The molecule has 2 nitrogen and oxygen atoms in total. The summed E-state index contributed by atoms with van der Waals surface area (Å²) in [5.41, 5.74) is 0.447. The van der Waals surface area contributed by atoms with E-state index in [1.807, 2.05) is 0 Å². The van der Waals surface area contributed by atoms with E-state index in [-0.39, 0.29) is 0 Å². The molecule has 0 radical (unpaired) electrons. The molecule has 0 aromatic carbocycles. The first-order chi connectivity index (χ1) is 7.94. The van der Waals surface area contributed by atoms with Crippen LogP contribution in [0.15, 0.2) is 0 Å². The molecule has 0 saturated carbocycles. The van der Waals surface area contributed by atoms with Gasteiger partial charge in [-0.3, -0.25) is 0 Å². The van der Waals surface area contributed by atoms with Crippen LogP contribution in [0.1, 0.15) is 53.9 Å². The van der Waals surface area contributed by atoms with Crippen LogP contribution >= 0.6 is 0 Å². The maximum absolute atomic E-state index is 5.56. The van der Waals surface area contributed by atoms with Crippen LogP contribution in [0.4, 0.5) is 0 Å². The summed E-state index contributed by atoms with van der Waals surface area (Å²) in [4.78, 5) is 0. The molecule has 0 amide bonds. The fraction of sp³-hybridized carbons (Fsp3) is 1.00. The topological polar surface area (TPSA) is 21.3 Å². The number of hydrogen-bond donors (Lipinski definition) is 1. The van der Waals surface area contributed by atoms with Gasteiger partial charge in [0.2, 0.25) is 0 Å². The summed E-state index contributed by atoms with van der Waals surface area (Å²) in [6.07, 6.45) is 3.82. The Bertz CT molecular complexity index is 209.